The zero-order valence-electron chi connectivity index (χ0n) is 11.5. The number of rotatable bonds is 1. The fourth-order valence-electron chi connectivity index (χ4n) is 4.61. The first-order chi connectivity index (χ1) is 8.09. The molecule has 0 amide bonds. The van der Waals surface area contributed by atoms with E-state index in [9.17, 15) is 0 Å². The lowest BCUT2D eigenvalue weighted by Gasteiger charge is -2.39. The number of nitrogens with zero attached hydrogens (tertiary/aromatic N) is 1. The topological polar surface area (TPSA) is 29.3 Å². The predicted molar refractivity (Wildman–Crippen MR) is 71.8 cm³/mol. The van der Waals surface area contributed by atoms with E-state index in [4.69, 9.17) is 5.73 Å². The Kier molecular flexibility index (Phi) is 2.99. The van der Waals surface area contributed by atoms with Crippen LogP contribution in [0.2, 0.25) is 0 Å². The number of hydrogen-bond acceptors (Lipinski definition) is 2. The highest BCUT2D eigenvalue weighted by Gasteiger charge is 2.47. The molecule has 1 saturated heterocycles. The quantitative estimate of drug-likeness (QED) is 0.758. The number of hydrogen-bond donors (Lipinski definition) is 1. The van der Waals surface area contributed by atoms with Crippen molar-refractivity contribution in [2.24, 2.45) is 17.1 Å². The van der Waals surface area contributed by atoms with Gasteiger partial charge in [0.05, 0.1) is 0 Å². The van der Waals surface area contributed by atoms with Crippen molar-refractivity contribution in [1.29, 1.82) is 0 Å². The fourth-order valence-corrected chi connectivity index (χ4v) is 4.61. The van der Waals surface area contributed by atoms with E-state index in [2.05, 4.69) is 18.7 Å². The minimum absolute atomic E-state index is 0.359. The van der Waals surface area contributed by atoms with Crippen molar-refractivity contribution in [3.05, 3.63) is 0 Å². The second-order valence-electron chi connectivity index (χ2n) is 7.26. The van der Waals surface area contributed by atoms with Crippen LogP contribution < -0.4 is 5.73 Å². The van der Waals surface area contributed by atoms with Crippen molar-refractivity contribution in [3.8, 4) is 0 Å². The van der Waals surface area contributed by atoms with E-state index >= 15 is 0 Å². The van der Waals surface area contributed by atoms with E-state index in [0.717, 1.165) is 12.0 Å². The average molecular weight is 236 g/mol. The molecule has 1 heterocycles. The Morgan fingerprint density at radius 3 is 2.47 bits per heavy atom. The molecule has 2 nitrogen and oxygen atoms in total. The van der Waals surface area contributed by atoms with Crippen molar-refractivity contribution >= 4 is 0 Å². The van der Waals surface area contributed by atoms with Gasteiger partial charge in [0, 0.05) is 18.1 Å². The SMILES string of the molecule is CC1(C)CCC(N2CCC3CCCCC32)C1N. The zero-order chi connectivity index (χ0) is 12.0. The van der Waals surface area contributed by atoms with Crippen LogP contribution in [0.25, 0.3) is 0 Å². The molecule has 3 rings (SSSR count). The summed E-state index contributed by atoms with van der Waals surface area (Å²) in [6, 6.07) is 1.95. The monoisotopic (exact) mass is 236 g/mol. The van der Waals surface area contributed by atoms with Gasteiger partial charge >= 0.3 is 0 Å². The summed E-state index contributed by atoms with van der Waals surface area (Å²) in [5, 5.41) is 0. The second kappa shape index (κ2) is 4.24. The lowest BCUT2D eigenvalue weighted by molar-refractivity contribution is 0.114. The van der Waals surface area contributed by atoms with Crippen LogP contribution in [0.3, 0.4) is 0 Å². The van der Waals surface area contributed by atoms with Crippen LogP contribution in [0.1, 0.15) is 58.8 Å². The Bertz CT molecular complexity index is 287. The molecule has 3 fully saturated rings. The molecular formula is C15H28N2. The standard InChI is InChI=1S/C15H28N2/c1-15(2)9-7-13(14(15)16)17-10-8-11-5-3-4-6-12(11)17/h11-14H,3-10,16H2,1-2H3. The lowest BCUT2D eigenvalue weighted by atomic mass is 9.84. The predicted octanol–water partition coefficient (Wildman–Crippen LogP) is 2.77. The molecule has 2 aliphatic carbocycles. The number of fused-ring (bicyclic) bond motifs is 1. The van der Waals surface area contributed by atoms with Gasteiger partial charge in [0.1, 0.15) is 0 Å². The van der Waals surface area contributed by atoms with Gasteiger partial charge < -0.3 is 5.73 Å². The summed E-state index contributed by atoms with van der Waals surface area (Å²) in [5.74, 6) is 1.000. The first-order valence-corrected chi connectivity index (χ1v) is 7.61. The minimum atomic E-state index is 0.359. The third-order valence-electron chi connectivity index (χ3n) is 5.88. The van der Waals surface area contributed by atoms with Crippen molar-refractivity contribution < 1.29 is 0 Å². The molecule has 4 unspecified atom stereocenters. The van der Waals surface area contributed by atoms with Gasteiger partial charge in [0.2, 0.25) is 0 Å². The molecule has 4 atom stereocenters. The molecule has 0 aromatic heterocycles. The normalized spacial score (nSPS) is 46.1. The van der Waals surface area contributed by atoms with Crippen LogP contribution >= 0.6 is 0 Å². The Hall–Kier alpha value is -0.0800. The first-order valence-electron chi connectivity index (χ1n) is 7.61. The highest BCUT2D eigenvalue weighted by atomic mass is 15.2. The summed E-state index contributed by atoms with van der Waals surface area (Å²) in [5.41, 5.74) is 6.88. The van der Waals surface area contributed by atoms with Crippen LogP contribution in [0.15, 0.2) is 0 Å². The van der Waals surface area contributed by atoms with Crippen molar-refractivity contribution in [3.63, 3.8) is 0 Å². The average Bonchev–Trinajstić information content (AvgIpc) is 2.83. The number of nitrogens with two attached hydrogens (primary N) is 1. The van der Waals surface area contributed by atoms with Crippen LogP contribution in [-0.2, 0) is 0 Å². The maximum atomic E-state index is 6.52. The van der Waals surface area contributed by atoms with Gasteiger partial charge in [-0.15, -0.1) is 0 Å². The van der Waals surface area contributed by atoms with Gasteiger partial charge in [-0.25, -0.2) is 0 Å². The largest absolute Gasteiger partial charge is 0.326 e. The molecule has 3 aliphatic rings. The Morgan fingerprint density at radius 1 is 1.00 bits per heavy atom. The van der Waals surface area contributed by atoms with Gasteiger partial charge in [0.25, 0.3) is 0 Å². The highest BCUT2D eigenvalue weighted by molar-refractivity contribution is 5.03. The Balaban J connectivity index is 1.73. The summed E-state index contributed by atoms with van der Waals surface area (Å²) >= 11 is 0. The van der Waals surface area contributed by atoms with E-state index in [1.165, 1.54) is 51.5 Å². The van der Waals surface area contributed by atoms with E-state index in [1.54, 1.807) is 0 Å². The molecule has 0 radical (unpaired) electrons. The molecule has 2 saturated carbocycles. The van der Waals surface area contributed by atoms with Crippen molar-refractivity contribution in [2.75, 3.05) is 6.54 Å². The smallest absolute Gasteiger partial charge is 0.0255 e. The fraction of sp³-hybridized carbons (Fsp3) is 1.00. The summed E-state index contributed by atoms with van der Waals surface area (Å²) in [4.78, 5) is 2.81. The molecule has 2 N–H and O–H groups in total. The van der Waals surface area contributed by atoms with Crippen LogP contribution in [0, 0.1) is 11.3 Å². The summed E-state index contributed by atoms with van der Waals surface area (Å²) in [7, 11) is 0. The van der Waals surface area contributed by atoms with Crippen molar-refractivity contribution in [1.82, 2.24) is 4.90 Å². The van der Waals surface area contributed by atoms with Gasteiger partial charge in [-0.1, -0.05) is 26.7 Å². The van der Waals surface area contributed by atoms with Gasteiger partial charge in [-0.05, 0) is 50.0 Å². The maximum Gasteiger partial charge on any atom is 0.0255 e. The molecule has 98 valence electrons. The second-order valence-corrected chi connectivity index (χ2v) is 7.26. The summed E-state index contributed by atoms with van der Waals surface area (Å²) < 4.78 is 0. The van der Waals surface area contributed by atoms with Crippen LogP contribution in [-0.4, -0.2) is 29.6 Å². The van der Waals surface area contributed by atoms with E-state index in [1.807, 2.05) is 0 Å². The maximum absolute atomic E-state index is 6.52. The molecule has 0 aromatic carbocycles. The minimum Gasteiger partial charge on any atom is -0.326 e. The molecule has 17 heavy (non-hydrogen) atoms. The number of likely N-dealkylation sites (tertiary alicyclic amines) is 1. The zero-order valence-corrected chi connectivity index (χ0v) is 11.5. The molecule has 2 heteroatoms. The lowest BCUT2D eigenvalue weighted by Crippen LogP contribution is -2.51. The Morgan fingerprint density at radius 2 is 1.76 bits per heavy atom. The van der Waals surface area contributed by atoms with Gasteiger partial charge in [0.15, 0.2) is 0 Å². The van der Waals surface area contributed by atoms with Crippen molar-refractivity contribution in [2.45, 2.75) is 76.9 Å². The Labute approximate surface area is 106 Å². The van der Waals surface area contributed by atoms with E-state index < -0.39 is 0 Å². The van der Waals surface area contributed by atoms with Gasteiger partial charge in [-0.2, -0.15) is 0 Å². The highest BCUT2D eigenvalue weighted by Crippen LogP contribution is 2.44. The summed E-state index contributed by atoms with van der Waals surface area (Å²) in [6.07, 6.45) is 9.92. The van der Waals surface area contributed by atoms with Crippen LogP contribution in [0.4, 0.5) is 0 Å². The third-order valence-corrected chi connectivity index (χ3v) is 5.88. The van der Waals surface area contributed by atoms with E-state index in [0.29, 0.717) is 17.5 Å². The summed E-state index contributed by atoms with van der Waals surface area (Å²) in [6.45, 7) is 6.03. The third kappa shape index (κ3) is 1.94. The molecule has 0 bridgehead atoms. The van der Waals surface area contributed by atoms with Gasteiger partial charge in [-0.3, -0.25) is 4.90 Å². The molecule has 0 aromatic rings. The first kappa shape index (κ1) is 12.0. The van der Waals surface area contributed by atoms with Crippen LogP contribution in [0.5, 0.6) is 0 Å². The molecular weight excluding hydrogens is 208 g/mol. The molecule has 1 aliphatic heterocycles. The van der Waals surface area contributed by atoms with E-state index in [-0.39, 0.29) is 0 Å². The molecule has 0 spiro atoms.